The van der Waals surface area contributed by atoms with Gasteiger partial charge in [-0.05, 0) is 56.7 Å². The third-order valence-electron chi connectivity index (χ3n) is 5.97. The van der Waals surface area contributed by atoms with E-state index >= 15 is 0 Å². The number of benzene rings is 1. The maximum Gasteiger partial charge on any atom is 0.191 e. The average molecular weight is 375 g/mol. The number of hydrogen-bond acceptors (Lipinski definition) is 3. The maximum atomic E-state index is 5.30. The largest absolute Gasteiger partial charge is 0.385 e. The van der Waals surface area contributed by atoms with Gasteiger partial charge in [-0.15, -0.1) is 0 Å². The third kappa shape index (κ3) is 6.51. The molecule has 0 saturated heterocycles. The molecule has 5 nitrogen and oxygen atoms in total. The van der Waals surface area contributed by atoms with E-state index in [2.05, 4.69) is 65.7 Å². The smallest absolute Gasteiger partial charge is 0.191 e. The lowest BCUT2D eigenvalue weighted by Crippen LogP contribution is -2.46. The minimum atomic E-state index is 0.380. The zero-order valence-corrected chi connectivity index (χ0v) is 17.8. The number of ether oxygens (including phenoxy) is 1. The van der Waals surface area contributed by atoms with Crippen LogP contribution in [0.5, 0.6) is 0 Å². The predicted molar refractivity (Wildman–Crippen MR) is 114 cm³/mol. The Labute approximate surface area is 165 Å². The summed E-state index contributed by atoms with van der Waals surface area (Å²) in [6.45, 7) is 8.01. The number of nitrogens with zero attached hydrogens (tertiary/aromatic N) is 2. The van der Waals surface area contributed by atoms with Gasteiger partial charge in [0.25, 0.3) is 0 Å². The van der Waals surface area contributed by atoms with Crippen molar-refractivity contribution in [2.24, 2.45) is 10.4 Å². The predicted octanol–water partition coefficient (Wildman–Crippen LogP) is 3.40. The summed E-state index contributed by atoms with van der Waals surface area (Å²) in [5.41, 5.74) is 3.07. The topological polar surface area (TPSA) is 48.9 Å². The van der Waals surface area contributed by atoms with E-state index in [0.717, 1.165) is 38.6 Å². The lowest BCUT2D eigenvalue weighted by molar-refractivity contribution is 0.0732. The summed E-state index contributed by atoms with van der Waals surface area (Å²) in [4.78, 5) is 6.78. The first-order valence-electron chi connectivity index (χ1n) is 10.2. The summed E-state index contributed by atoms with van der Waals surface area (Å²) in [5.74, 6) is 0.880. The van der Waals surface area contributed by atoms with E-state index in [-0.39, 0.29) is 0 Å². The lowest BCUT2D eigenvalue weighted by Gasteiger charge is -2.42. The molecule has 152 valence electrons. The highest BCUT2D eigenvalue weighted by atomic mass is 16.5. The molecule has 0 heterocycles. The summed E-state index contributed by atoms with van der Waals surface area (Å²) in [6.07, 6.45) is 5.02. The van der Waals surface area contributed by atoms with Crippen molar-refractivity contribution in [3.63, 3.8) is 0 Å². The molecular weight excluding hydrogens is 336 g/mol. The van der Waals surface area contributed by atoms with E-state index in [1.807, 2.05) is 7.05 Å². The Kier molecular flexibility index (Phi) is 8.58. The van der Waals surface area contributed by atoms with Gasteiger partial charge in [0.15, 0.2) is 5.96 Å². The zero-order valence-electron chi connectivity index (χ0n) is 17.8. The minimum absolute atomic E-state index is 0.380. The minimum Gasteiger partial charge on any atom is -0.385 e. The van der Waals surface area contributed by atoms with Crippen molar-refractivity contribution in [1.29, 1.82) is 0 Å². The number of guanidine groups is 1. The molecule has 0 aliphatic heterocycles. The Morgan fingerprint density at radius 1 is 1.22 bits per heavy atom. The second kappa shape index (κ2) is 10.7. The van der Waals surface area contributed by atoms with Gasteiger partial charge in [-0.3, -0.25) is 9.89 Å². The van der Waals surface area contributed by atoms with Crippen LogP contribution >= 0.6 is 0 Å². The number of nitrogens with one attached hydrogen (secondary N) is 2. The van der Waals surface area contributed by atoms with Crippen LogP contribution in [0.15, 0.2) is 29.3 Å². The van der Waals surface area contributed by atoms with Crippen LogP contribution in [-0.2, 0) is 17.8 Å². The molecule has 2 rings (SSSR count). The molecule has 0 bridgehead atoms. The second-order valence-corrected chi connectivity index (χ2v) is 8.15. The van der Waals surface area contributed by atoms with Crippen LogP contribution in [0.2, 0.25) is 0 Å². The number of hydrogen-bond donors (Lipinski definition) is 2. The first kappa shape index (κ1) is 21.7. The van der Waals surface area contributed by atoms with Crippen molar-refractivity contribution in [2.45, 2.75) is 58.7 Å². The van der Waals surface area contributed by atoms with Crippen molar-refractivity contribution in [3.05, 3.63) is 35.4 Å². The molecule has 27 heavy (non-hydrogen) atoms. The van der Waals surface area contributed by atoms with Gasteiger partial charge in [-0.1, -0.05) is 30.7 Å². The number of aliphatic imine (C=N–C) groups is 1. The summed E-state index contributed by atoms with van der Waals surface area (Å²) in [6, 6.07) is 9.19. The third-order valence-corrected chi connectivity index (χ3v) is 5.97. The maximum absolute atomic E-state index is 5.30. The molecule has 0 radical (unpaired) electrons. The van der Waals surface area contributed by atoms with Gasteiger partial charge >= 0.3 is 0 Å². The van der Waals surface area contributed by atoms with Crippen molar-refractivity contribution < 1.29 is 4.74 Å². The molecule has 0 atom stereocenters. The summed E-state index contributed by atoms with van der Waals surface area (Å²) in [5, 5.41) is 7.04. The van der Waals surface area contributed by atoms with Crippen molar-refractivity contribution in [1.82, 2.24) is 15.5 Å². The average Bonchev–Trinajstić information content (AvgIpc) is 2.63. The standard InChI is InChI=1S/C22H38N4O/c1-18(2)26(4)16-20-10-7-6-9-19(20)15-24-21(23-3)25-17-22(11-8-12-22)13-14-27-5/h6-7,9-10,18H,8,11-17H2,1-5H3,(H2,23,24,25). The van der Waals surface area contributed by atoms with E-state index in [9.17, 15) is 0 Å². The highest BCUT2D eigenvalue weighted by Crippen LogP contribution is 2.43. The second-order valence-electron chi connectivity index (χ2n) is 8.15. The summed E-state index contributed by atoms with van der Waals surface area (Å²) >= 11 is 0. The van der Waals surface area contributed by atoms with Gasteiger partial charge in [-0.25, -0.2) is 0 Å². The van der Waals surface area contributed by atoms with Gasteiger partial charge in [0, 0.05) is 46.4 Å². The molecular formula is C22H38N4O. The molecule has 0 unspecified atom stereocenters. The fourth-order valence-corrected chi connectivity index (χ4v) is 3.52. The molecule has 1 aromatic rings. The molecule has 1 aromatic carbocycles. The molecule has 1 aliphatic rings. The van der Waals surface area contributed by atoms with Crippen molar-refractivity contribution in [3.8, 4) is 0 Å². The molecule has 0 spiro atoms. The fourth-order valence-electron chi connectivity index (χ4n) is 3.52. The van der Waals surface area contributed by atoms with Crippen LogP contribution in [0.1, 0.15) is 50.7 Å². The van der Waals surface area contributed by atoms with Gasteiger partial charge in [-0.2, -0.15) is 0 Å². The molecule has 0 aromatic heterocycles. The zero-order chi connectivity index (χ0) is 19.7. The highest BCUT2D eigenvalue weighted by Gasteiger charge is 2.36. The number of rotatable bonds is 10. The SMILES string of the molecule is CN=C(NCc1ccccc1CN(C)C(C)C)NCC1(CCOC)CCC1. The quantitative estimate of drug-likeness (QED) is 0.487. The molecule has 1 aliphatic carbocycles. The van der Waals surface area contributed by atoms with Crippen molar-refractivity contribution >= 4 is 5.96 Å². The first-order valence-corrected chi connectivity index (χ1v) is 10.2. The summed E-state index contributed by atoms with van der Waals surface area (Å²) < 4.78 is 5.30. The van der Waals surface area contributed by atoms with Gasteiger partial charge in [0.1, 0.15) is 0 Å². The highest BCUT2D eigenvalue weighted by molar-refractivity contribution is 5.79. The van der Waals surface area contributed by atoms with E-state index < -0.39 is 0 Å². The number of methoxy groups -OCH3 is 1. The van der Waals surface area contributed by atoms with Gasteiger partial charge in [0.2, 0.25) is 0 Å². The van der Waals surface area contributed by atoms with E-state index in [0.29, 0.717) is 11.5 Å². The van der Waals surface area contributed by atoms with Crippen LogP contribution < -0.4 is 10.6 Å². The van der Waals surface area contributed by atoms with Crippen LogP contribution in [0, 0.1) is 5.41 Å². The molecule has 2 N–H and O–H groups in total. The molecule has 1 fully saturated rings. The molecule has 0 amide bonds. The first-order chi connectivity index (χ1) is 13.0. The Morgan fingerprint density at radius 3 is 2.48 bits per heavy atom. The van der Waals surface area contributed by atoms with E-state index in [4.69, 9.17) is 4.74 Å². The Balaban J connectivity index is 1.89. The Hall–Kier alpha value is -1.59. The van der Waals surface area contributed by atoms with Crippen LogP contribution in [0.3, 0.4) is 0 Å². The van der Waals surface area contributed by atoms with E-state index in [1.165, 1.54) is 30.4 Å². The molecule has 5 heteroatoms. The summed E-state index contributed by atoms with van der Waals surface area (Å²) in [7, 11) is 5.80. The Bertz CT molecular complexity index is 596. The van der Waals surface area contributed by atoms with Gasteiger partial charge < -0.3 is 15.4 Å². The fraction of sp³-hybridized carbons (Fsp3) is 0.682. The van der Waals surface area contributed by atoms with Crippen LogP contribution in [-0.4, -0.2) is 51.3 Å². The monoisotopic (exact) mass is 374 g/mol. The van der Waals surface area contributed by atoms with Crippen molar-refractivity contribution in [2.75, 3.05) is 34.4 Å². The normalized spacial score (nSPS) is 16.5. The van der Waals surface area contributed by atoms with Gasteiger partial charge in [0.05, 0.1) is 0 Å². The lowest BCUT2D eigenvalue weighted by atomic mass is 9.67. The van der Waals surface area contributed by atoms with Crippen LogP contribution in [0.4, 0.5) is 0 Å². The molecule has 1 saturated carbocycles. The van der Waals surface area contributed by atoms with Crippen LogP contribution in [0.25, 0.3) is 0 Å². The van der Waals surface area contributed by atoms with E-state index in [1.54, 1.807) is 7.11 Å². The Morgan fingerprint density at radius 2 is 1.93 bits per heavy atom.